The van der Waals surface area contributed by atoms with E-state index in [-0.39, 0.29) is 5.91 Å². The van der Waals surface area contributed by atoms with Gasteiger partial charge in [0.15, 0.2) is 0 Å². The number of halogens is 2. The Bertz CT molecular complexity index is 557. The second-order valence-electron chi connectivity index (χ2n) is 5.44. The first kappa shape index (κ1) is 16.7. The zero-order valence-corrected chi connectivity index (χ0v) is 14.8. The molecule has 0 atom stereocenters. The van der Waals surface area contributed by atoms with Crippen LogP contribution in [0.4, 0.5) is 0 Å². The fraction of sp³-hybridized carbons (Fsp3) is 0.467. The number of rotatable bonds is 3. The molecule has 6 heteroatoms. The van der Waals surface area contributed by atoms with Crippen LogP contribution in [0.3, 0.4) is 0 Å². The van der Waals surface area contributed by atoms with Crippen molar-refractivity contribution in [2.24, 2.45) is 5.73 Å². The molecule has 3 nitrogen and oxygen atoms in total. The molecule has 0 saturated heterocycles. The van der Waals surface area contributed by atoms with Crippen LogP contribution in [0.5, 0.6) is 0 Å². The minimum atomic E-state index is -0.579. The molecule has 1 aliphatic carbocycles. The number of hydrogen-bond acceptors (Lipinski definition) is 2. The van der Waals surface area contributed by atoms with Gasteiger partial charge in [-0.2, -0.15) is 0 Å². The molecule has 1 aromatic rings. The first-order valence-corrected chi connectivity index (χ1v) is 8.60. The van der Waals surface area contributed by atoms with Crippen molar-refractivity contribution < 1.29 is 4.79 Å². The van der Waals surface area contributed by atoms with Gasteiger partial charge in [0.1, 0.15) is 0 Å². The van der Waals surface area contributed by atoms with Gasteiger partial charge >= 0.3 is 0 Å². The predicted octanol–water partition coefficient (Wildman–Crippen LogP) is 4.21. The molecule has 0 spiro atoms. The average Bonchev–Trinajstić information content (AvgIpc) is 2.68. The summed E-state index contributed by atoms with van der Waals surface area (Å²) >= 11 is 14.6. The molecular formula is C15H18BrClN2OS. The van der Waals surface area contributed by atoms with Crippen molar-refractivity contribution in [2.45, 2.75) is 44.1 Å². The fourth-order valence-corrected chi connectivity index (χ4v) is 3.58. The molecule has 1 aromatic carbocycles. The van der Waals surface area contributed by atoms with Crippen molar-refractivity contribution in [3.63, 3.8) is 0 Å². The van der Waals surface area contributed by atoms with Gasteiger partial charge in [0, 0.05) is 9.50 Å². The largest absolute Gasteiger partial charge is 0.391 e. The van der Waals surface area contributed by atoms with Crippen LogP contribution in [0.1, 0.15) is 48.9 Å². The Morgan fingerprint density at radius 3 is 2.48 bits per heavy atom. The van der Waals surface area contributed by atoms with Crippen LogP contribution in [0, 0.1) is 0 Å². The summed E-state index contributed by atoms with van der Waals surface area (Å²) in [5.41, 5.74) is 5.87. The van der Waals surface area contributed by atoms with Crippen LogP contribution in [0.25, 0.3) is 0 Å². The number of nitrogens with one attached hydrogen (secondary N) is 1. The highest BCUT2D eigenvalue weighted by atomic mass is 79.9. The minimum Gasteiger partial charge on any atom is -0.391 e. The van der Waals surface area contributed by atoms with E-state index in [0.29, 0.717) is 20.0 Å². The van der Waals surface area contributed by atoms with Crippen molar-refractivity contribution in [2.75, 3.05) is 0 Å². The van der Waals surface area contributed by atoms with Gasteiger partial charge in [-0.15, -0.1) is 0 Å². The Kier molecular flexibility index (Phi) is 5.63. The number of benzene rings is 1. The standard InChI is InChI=1S/C15H18BrClN2OS/c16-12-6-5-10(17)9-11(12)13(20)19-15(14(18)21)7-3-1-2-4-8-15/h5-6,9H,1-4,7-8H2,(H2,18,21)(H,19,20). The summed E-state index contributed by atoms with van der Waals surface area (Å²) < 4.78 is 0.705. The van der Waals surface area contributed by atoms with Gasteiger partial charge in [-0.25, -0.2) is 0 Å². The van der Waals surface area contributed by atoms with Gasteiger partial charge in [-0.1, -0.05) is 49.5 Å². The lowest BCUT2D eigenvalue weighted by molar-refractivity contribution is 0.0916. The molecule has 0 aliphatic heterocycles. The van der Waals surface area contributed by atoms with E-state index in [1.807, 2.05) is 0 Å². The van der Waals surface area contributed by atoms with Gasteiger partial charge < -0.3 is 11.1 Å². The lowest BCUT2D eigenvalue weighted by atomic mass is 9.89. The molecular weight excluding hydrogens is 372 g/mol. The molecule has 1 aliphatic rings. The molecule has 1 amide bonds. The van der Waals surface area contributed by atoms with Gasteiger partial charge in [0.05, 0.1) is 16.1 Å². The summed E-state index contributed by atoms with van der Waals surface area (Å²) in [5.74, 6) is -0.195. The maximum atomic E-state index is 12.6. The molecule has 3 N–H and O–H groups in total. The van der Waals surface area contributed by atoms with Gasteiger partial charge in [0.2, 0.25) is 0 Å². The number of hydrogen-bond donors (Lipinski definition) is 2. The van der Waals surface area contributed by atoms with Gasteiger partial charge in [-0.3, -0.25) is 4.79 Å². The first-order valence-electron chi connectivity index (χ1n) is 7.02. The third-order valence-electron chi connectivity index (χ3n) is 3.95. The Hall–Kier alpha value is -0.650. The van der Waals surface area contributed by atoms with E-state index >= 15 is 0 Å². The number of carbonyl (C=O) groups is 1. The highest BCUT2D eigenvalue weighted by Crippen LogP contribution is 2.29. The normalized spacial score (nSPS) is 17.8. The third-order valence-corrected chi connectivity index (χ3v) is 5.27. The van der Waals surface area contributed by atoms with Crippen LogP contribution in [0.15, 0.2) is 22.7 Å². The van der Waals surface area contributed by atoms with E-state index < -0.39 is 5.54 Å². The second kappa shape index (κ2) is 7.07. The summed E-state index contributed by atoms with van der Waals surface area (Å²) in [6.07, 6.45) is 5.95. The average molecular weight is 390 g/mol. The van der Waals surface area contributed by atoms with Crippen molar-refractivity contribution in [1.29, 1.82) is 0 Å². The quantitative estimate of drug-likeness (QED) is 0.601. The summed E-state index contributed by atoms with van der Waals surface area (Å²) in [4.78, 5) is 13.0. The topological polar surface area (TPSA) is 55.1 Å². The molecule has 0 radical (unpaired) electrons. The highest BCUT2D eigenvalue weighted by molar-refractivity contribution is 9.10. The molecule has 114 valence electrons. The van der Waals surface area contributed by atoms with Crippen molar-refractivity contribution >= 4 is 50.6 Å². The molecule has 21 heavy (non-hydrogen) atoms. The zero-order valence-electron chi connectivity index (χ0n) is 11.6. The molecule has 0 unspecified atom stereocenters. The number of amides is 1. The number of thiocarbonyl (C=S) groups is 1. The summed E-state index contributed by atoms with van der Waals surface area (Å²) in [6, 6.07) is 5.14. The Morgan fingerprint density at radius 1 is 1.29 bits per heavy atom. The molecule has 0 aromatic heterocycles. The van der Waals surface area contributed by atoms with Crippen molar-refractivity contribution in [3.05, 3.63) is 33.3 Å². The van der Waals surface area contributed by atoms with Crippen LogP contribution in [0.2, 0.25) is 5.02 Å². The molecule has 1 saturated carbocycles. The van der Waals surface area contributed by atoms with E-state index in [9.17, 15) is 4.79 Å². The van der Waals surface area contributed by atoms with E-state index in [0.717, 1.165) is 38.5 Å². The van der Waals surface area contributed by atoms with Gasteiger partial charge in [0.25, 0.3) is 5.91 Å². The van der Waals surface area contributed by atoms with Crippen molar-refractivity contribution in [1.82, 2.24) is 5.32 Å². The maximum Gasteiger partial charge on any atom is 0.253 e. The third kappa shape index (κ3) is 3.96. The molecule has 2 rings (SSSR count). The van der Waals surface area contributed by atoms with E-state index in [1.165, 1.54) is 0 Å². The lowest BCUT2D eigenvalue weighted by Gasteiger charge is -2.33. The van der Waals surface area contributed by atoms with E-state index in [2.05, 4.69) is 21.2 Å². The fourth-order valence-electron chi connectivity index (χ4n) is 2.72. The Labute approximate surface area is 143 Å². The van der Waals surface area contributed by atoms with E-state index in [4.69, 9.17) is 29.6 Å². The molecule has 0 bridgehead atoms. The maximum absolute atomic E-state index is 12.6. The van der Waals surface area contributed by atoms with E-state index in [1.54, 1.807) is 18.2 Å². The van der Waals surface area contributed by atoms with Crippen LogP contribution < -0.4 is 11.1 Å². The highest BCUT2D eigenvalue weighted by Gasteiger charge is 2.36. The monoisotopic (exact) mass is 388 g/mol. The van der Waals surface area contributed by atoms with Crippen LogP contribution in [-0.2, 0) is 0 Å². The summed E-state index contributed by atoms with van der Waals surface area (Å²) in [7, 11) is 0. The molecule has 1 fully saturated rings. The van der Waals surface area contributed by atoms with Crippen LogP contribution in [-0.4, -0.2) is 16.4 Å². The SMILES string of the molecule is NC(=S)C1(NC(=O)c2cc(Cl)ccc2Br)CCCCCC1. The summed E-state index contributed by atoms with van der Waals surface area (Å²) in [6.45, 7) is 0. The second-order valence-corrected chi connectivity index (χ2v) is 7.17. The van der Waals surface area contributed by atoms with Gasteiger partial charge in [-0.05, 0) is 47.0 Å². The molecule has 0 heterocycles. The predicted molar refractivity (Wildman–Crippen MR) is 93.8 cm³/mol. The smallest absolute Gasteiger partial charge is 0.253 e. The Morgan fingerprint density at radius 2 is 1.90 bits per heavy atom. The van der Waals surface area contributed by atoms with Crippen LogP contribution >= 0.6 is 39.7 Å². The zero-order chi connectivity index (χ0) is 15.5. The first-order chi connectivity index (χ1) is 9.94. The number of carbonyl (C=O) groups excluding carboxylic acids is 1. The minimum absolute atomic E-state index is 0.195. The summed E-state index contributed by atoms with van der Waals surface area (Å²) in [5, 5.41) is 3.58. The number of nitrogens with two attached hydrogens (primary N) is 1. The lowest BCUT2D eigenvalue weighted by Crippen LogP contribution is -2.56. The Balaban J connectivity index is 2.26. The van der Waals surface area contributed by atoms with Crippen molar-refractivity contribution in [3.8, 4) is 0 Å².